The summed E-state index contributed by atoms with van der Waals surface area (Å²) >= 11 is 0. The molecule has 2 aromatic rings. The molecular weight excluding hydrogens is 311 g/mol. The van der Waals surface area contributed by atoms with Crippen LogP contribution in [0.3, 0.4) is 0 Å². The second-order valence-corrected chi connectivity index (χ2v) is 5.03. The molecule has 0 bridgehead atoms. The Bertz CT molecular complexity index is 671. The molecule has 0 aliphatic rings. The quantitative estimate of drug-likeness (QED) is 0.404. The Morgan fingerprint density at radius 2 is 2.21 bits per heavy atom. The largest absolute Gasteiger partial charge is 0.356 e. The zero-order chi connectivity index (χ0) is 17.2. The molecule has 1 aromatic carbocycles. The highest BCUT2D eigenvalue weighted by atomic mass is 19.1. The number of carbonyl (C=O) groups is 1. The Labute approximate surface area is 140 Å². The van der Waals surface area contributed by atoms with Crippen LogP contribution in [0, 0.1) is 5.82 Å². The summed E-state index contributed by atoms with van der Waals surface area (Å²) in [7, 11) is 1.63. The van der Waals surface area contributed by atoms with Crippen molar-refractivity contribution < 1.29 is 9.18 Å². The molecule has 0 aliphatic heterocycles. The van der Waals surface area contributed by atoms with Gasteiger partial charge in [0.25, 0.3) is 0 Å². The Morgan fingerprint density at radius 1 is 1.33 bits per heavy atom. The third-order valence-electron chi connectivity index (χ3n) is 3.16. The molecule has 0 spiro atoms. The van der Waals surface area contributed by atoms with Gasteiger partial charge in [-0.1, -0.05) is 6.07 Å². The highest BCUT2D eigenvalue weighted by molar-refractivity contribution is 5.94. The lowest BCUT2D eigenvalue weighted by molar-refractivity contribution is -0.115. The van der Waals surface area contributed by atoms with Gasteiger partial charge in [-0.2, -0.15) is 5.10 Å². The number of hydrogen-bond acceptors (Lipinski definition) is 3. The van der Waals surface area contributed by atoms with Crippen LogP contribution < -0.4 is 16.0 Å². The van der Waals surface area contributed by atoms with Gasteiger partial charge in [0.1, 0.15) is 5.82 Å². The number of nitrogens with one attached hydrogen (secondary N) is 3. The van der Waals surface area contributed by atoms with Crippen molar-refractivity contribution in [2.75, 3.05) is 25.5 Å². The molecule has 0 saturated heterocycles. The van der Waals surface area contributed by atoms with Gasteiger partial charge in [0.05, 0.1) is 6.54 Å². The molecule has 2 rings (SSSR count). The average Bonchev–Trinajstić information content (AvgIpc) is 3.07. The molecule has 1 heterocycles. The maximum Gasteiger partial charge on any atom is 0.243 e. The van der Waals surface area contributed by atoms with Crippen LogP contribution >= 0.6 is 0 Å². The number of amides is 1. The third-order valence-corrected chi connectivity index (χ3v) is 3.16. The number of aromatic nitrogens is 2. The van der Waals surface area contributed by atoms with E-state index in [2.05, 4.69) is 26.0 Å². The summed E-state index contributed by atoms with van der Waals surface area (Å²) in [6.07, 6.45) is 4.52. The van der Waals surface area contributed by atoms with E-state index in [9.17, 15) is 9.18 Å². The van der Waals surface area contributed by atoms with Gasteiger partial charge in [0, 0.05) is 38.2 Å². The number of rotatable bonds is 7. The number of aryl methyl sites for hydroxylation is 1. The summed E-state index contributed by atoms with van der Waals surface area (Å²) in [6.45, 7) is 1.54. The van der Waals surface area contributed by atoms with E-state index in [1.165, 1.54) is 12.1 Å². The number of aliphatic imine (C=N–C) groups is 1. The topological polar surface area (TPSA) is 83.3 Å². The lowest BCUT2D eigenvalue weighted by Crippen LogP contribution is -2.41. The van der Waals surface area contributed by atoms with E-state index in [4.69, 9.17) is 0 Å². The van der Waals surface area contributed by atoms with Gasteiger partial charge in [0.2, 0.25) is 5.91 Å². The molecule has 0 radical (unpaired) electrons. The van der Waals surface area contributed by atoms with Crippen LogP contribution in [0.15, 0.2) is 47.7 Å². The molecule has 7 nitrogen and oxygen atoms in total. The maximum atomic E-state index is 13.1. The highest BCUT2D eigenvalue weighted by Gasteiger charge is 2.04. The van der Waals surface area contributed by atoms with Crippen molar-refractivity contribution in [1.29, 1.82) is 0 Å². The number of benzene rings is 1. The highest BCUT2D eigenvalue weighted by Crippen LogP contribution is 2.08. The second-order valence-electron chi connectivity index (χ2n) is 5.03. The summed E-state index contributed by atoms with van der Waals surface area (Å²) in [5.41, 5.74) is 0.420. The average molecular weight is 332 g/mol. The van der Waals surface area contributed by atoms with E-state index < -0.39 is 5.82 Å². The van der Waals surface area contributed by atoms with Crippen molar-refractivity contribution >= 4 is 17.6 Å². The summed E-state index contributed by atoms with van der Waals surface area (Å²) < 4.78 is 14.9. The van der Waals surface area contributed by atoms with Crippen LogP contribution in [-0.4, -0.2) is 41.8 Å². The van der Waals surface area contributed by atoms with Crippen LogP contribution in [0.1, 0.15) is 6.42 Å². The molecule has 0 aliphatic carbocycles. The molecule has 0 fully saturated rings. The minimum absolute atomic E-state index is 0.0370. The lowest BCUT2D eigenvalue weighted by atomic mass is 10.3. The standard InChI is InChI=1S/C16H21FN6O/c1-18-16(19-7-3-9-23-10-4-8-21-23)20-12-15(24)22-14-6-2-5-13(17)11-14/h2,4-6,8,10-11H,3,7,9,12H2,1H3,(H,22,24)(H2,18,19,20). The van der Waals surface area contributed by atoms with Gasteiger partial charge in [-0.3, -0.25) is 14.5 Å². The van der Waals surface area contributed by atoms with E-state index in [0.29, 0.717) is 18.2 Å². The maximum absolute atomic E-state index is 13.1. The predicted molar refractivity (Wildman–Crippen MR) is 91.2 cm³/mol. The summed E-state index contributed by atoms with van der Waals surface area (Å²) in [5, 5.41) is 12.8. The summed E-state index contributed by atoms with van der Waals surface area (Å²) in [5.74, 6) is -0.139. The van der Waals surface area contributed by atoms with Crippen LogP contribution in [0.5, 0.6) is 0 Å². The fourth-order valence-corrected chi connectivity index (χ4v) is 2.04. The molecule has 0 atom stereocenters. The van der Waals surface area contributed by atoms with E-state index >= 15 is 0 Å². The Hall–Kier alpha value is -2.90. The first-order valence-electron chi connectivity index (χ1n) is 7.65. The van der Waals surface area contributed by atoms with Gasteiger partial charge in [0.15, 0.2) is 5.96 Å². The molecule has 8 heteroatoms. The fraction of sp³-hybridized carbons (Fsp3) is 0.312. The molecule has 1 amide bonds. The minimum atomic E-state index is -0.393. The van der Waals surface area contributed by atoms with Gasteiger partial charge in [-0.05, 0) is 30.7 Å². The molecule has 0 saturated carbocycles. The number of anilines is 1. The fourth-order valence-electron chi connectivity index (χ4n) is 2.04. The molecule has 3 N–H and O–H groups in total. The van der Waals surface area contributed by atoms with Gasteiger partial charge >= 0.3 is 0 Å². The summed E-state index contributed by atoms with van der Waals surface area (Å²) in [6, 6.07) is 7.64. The molecule has 0 unspecified atom stereocenters. The third kappa shape index (κ3) is 6.07. The second kappa shape index (κ2) is 9.29. The van der Waals surface area contributed by atoms with Crippen molar-refractivity contribution in [3.63, 3.8) is 0 Å². The number of nitrogens with zero attached hydrogens (tertiary/aromatic N) is 3. The van der Waals surface area contributed by atoms with Crippen molar-refractivity contribution in [3.8, 4) is 0 Å². The van der Waals surface area contributed by atoms with E-state index in [0.717, 1.165) is 13.0 Å². The number of halogens is 1. The number of carbonyl (C=O) groups excluding carboxylic acids is 1. The van der Waals surface area contributed by atoms with Gasteiger partial charge < -0.3 is 16.0 Å². The van der Waals surface area contributed by atoms with Crippen molar-refractivity contribution in [1.82, 2.24) is 20.4 Å². The first-order chi connectivity index (χ1) is 11.7. The smallest absolute Gasteiger partial charge is 0.243 e. The van der Waals surface area contributed by atoms with Crippen LogP contribution in [-0.2, 0) is 11.3 Å². The monoisotopic (exact) mass is 332 g/mol. The Kier molecular flexibility index (Phi) is 6.75. The Morgan fingerprint density at radius 3 is 2.92 bits per heavy atom. The number of hydrogen-bond donors (Lipinski definition) is 3. The van der Waals surface area contributed by atoms with Crippen LogP contribution in [0.2, 0.25) is 0 Å². The molecule has 128 valence electrons. The van der Waals surface area contributed by atoms with Crippen LogP contribution in [0.4, 0.5) is 10.1 Å². The van der Waals surface area contributed by atoms with Gasteiger partial charge in [-0.15, -0.1) is 0 Å². The summed E-state index contributed by atoms with van der Waals surface area (Å²) in [4.78, 5) is 15.9. The molecule has 1 aromatic heterocycles. The SMILES string of the molecule is CN=C(NCCCn1cccn1)NCC(=O)Nc1cccc(F)c1. The van der Waals surface area contributed by atoms with Crippen molar-refractivity contribution in [2.45, 2.75) is 13.0 Å². The zero-order valence-corrected chi connectivity index (χ0v) is 13.5. The normalized spacial score (nSPS) is 11.2. The van der Waals surface area contributed by atoms with Crippen LogP contribution in [0.25, 0.3) is 0 Å². The predicted octanol–water partition coefficient (Wildman–Crippen LogP) is 1.22. The zero-order valence-electron chi connectivity index (χ0n) is 13.5. The minimum Gasteiger partial charge on any atom is -0.356 e. The molecule has 24 heavy (non-hydrogen) atoms. The van der Waals surface area contributed by atoms with E-state index in [1.807, 2.05) is 16.9 Å². The lowest BCUT2D eigenvalue weighted by Gasteiger charge is -2.12. The number of guanidine groups is 1. The Balaban J connectivity index is 1.66. The molecular formula is C16H21FN6O. The first kappa shape index (κ1) is 17.5. The van der Waals surface area contributed by atoms with E-state index in [-0.39, 0.29) is 12.5 Å². The first-order valence-corrected chi connectivity index (χ1v) is 7.65. The van der Waals surface area contributed by atoms with E-state index in [1.54, 1.807) is 25.4 Å². The van der Waals surface area contributed by atoms with Gasteiger partial charge in [-0.25, -0.2) is 4.39 Å². The van der Waals surface area contributed by atoms with Crippen molar-refractivity contribution in [3.05, 3.63) is 48.5 Å². The van der Waals surface area contributed by atoms with Crippen molar-refractivity contribution in [2.24, 2.45) is 4.99 Å².